The summed E-state index contributed by atoms with van der Waals surface area (Å²) in [6.07, 6.45) is 1.97. The van der Waals surface area contributed by atoms with Gasteiger partial charge < -0.3 is 0 Å². The van der Waals surface area contributed by atoms with Crippen molar-refractivity contribution in [2.75, 3.05) is 0 Å². The van der Waals surface area contributed by atoms with Crippen molar-refractivity contribution in [3.8, 4) is 0 Å². The molecule has 0 bridgehead atoms. The monoisotopic (exact) mass is 437 g/mol. The smallest absolute Gasteiger partial charge is 0 e. The molecule has 0 atom stereocenters. The number of rotatable bonds is 1. The van der Waals surface area contributed by atoms with E-state index in [-0.39, 0.29) is 42.1 Å². The minimum absolute atomic E-state index is 0. The molecule has 0 aromatic heterocycles. The summed E-state index contributed by atoms with van der Waals surface area (Å²) in [6.45, 7) is 7.56. The Labute approximate surface area is 74.3 Å². The van der Waals surface area contributed by atoms with Crippen LogP contribution < -0.4 is 0 Å². The van der Waals surface area contributed by atoms with E-state index >= 15 is 0 Å². The van der Waals surface area contributed by atoms with Crippen LogP contribution in [0.4, 0.5) is 0 Å². The Bertz CT molecular complexity index is 41.3. The standard InChI is InChI=1S/C5H9.2W/c1-4-5(2)3;;/h4H,2H2,1,3H3;;/q-1;;. The Morgan fingerprint density at radius 1 is 1.43 bits per heavy atom. The maximum atomic E-state index is 3.62. The molecule has 0 aromatic rings. The van der Waals surface area contributed by atoms with Gasteiger partial charge in [-0.25, -0.2) is 18.6 Å². The minimum atomic E-state index is 0. The second-order valence-electron chi connectivity index (χ2n) is 1.14. The quantitative estimate of drug-likeness (QED) is 0.550. The Morgan fingerprint density at radius 3 is 1.57 bits per heavy atom. The zero-order valence-electron chi connectivity index (χ0n) is 4.60. The Balaban J connectivity index is -0.0000000800. The average Bonchev–Trinajstić information content (AvgIpc) is 1.38. The molecule has 7 heavy (non-hydrogen) atoms. The second-order valence-corrected chi connectivity index (χ2v) is 1.14. The van der Waals surface area contributed by atoms with Gasteiger partial charge in [0, 0.05) is 42.1 Å². The summed E-state index contributed by atoms with van der Waals surface area (Å²) in [5, 5.41) is 0. The molecule has 0 amide bonds. The maximum Gasteiger partial charge on any atom is 0 e. The number of allylic oxidation sites excluding steroid dienone is 1. The summed E-state index contributed by atoms with van der Waals surface area (Å²) in [4.78, 5) is 0. The van der Waals surface area contributed by atoms with Crippen LogP contribution in [0.5, 0.6) is 0 Å². The van der Waals surface area contributed by atoms with E-state index in [4.69, 9.17) is 0 Å². The van der Waals surface area contributed by atoms with E-state index in [2.05, 4.69) is 6.58 Å². The molecule has 0 saturated carbocycles. The molecule has 0 saturated heterocycles. The topological polar surface area (TPSA) is 0 Å². The maximum absolute atomic E-state index is 3.62. The van der Waals surface area contributed by atoms with Gasteiger partial charge in [0.2, 0.25) is 0 Å². The van der Waals surface area contributed by atoms with Gasteiger partial charge in [-0.2, -0.15) is 0 Å². The van der Waals surface area contributed by atoms with Gasteiger partial charge in [0.1, 0.15) is 0 Å². The molecule has 0 unspecified atom stereocenters. The van der Waals surface area contributed by atoms with Crippen LogP contribution in [0.25, 0.3) is 0 Å². The predicted octanol–water partition coefficient (Wildman–Crippen LogP) is 1.78. The zero-order valence-corrected chi connectivity index (χ0v) is 10.5. The van der Waals surface area contributed by atoms with Crippen LogP contribution in [0, 0.1) is 6.42 Å². The van der Waals surface area contributed by atoms with E-state index in [9.17, 15) is 0 Å². The molecule has 0 aromatic carbocycles. The molecule has 0 fully saturated rings. The van der Waals surface area contributed by atoms with Crippen molar-refractivity contribution in [2.24, 2.45) is 0 Å². The molecule has 0 radical (unpaired) electrons. The average molecular weight is 437 g/mol. The van der Waals surface area contributed by atoms with Gasteiger partial charge in [0.25, 0.3) is 0 Å². The molecule has 2 heteroatoms. The SMILES string of the molecule is C=C(C)[CH-]C.[W].[W]. The fourth-order valence-corrected chi connectivity index (χ4v) is 0. The van der Waals surface area contributed by atoms with Crippen molar-refractivity contribution in [1.82, 2.24) is 0 Å². The van der Waals surface area contributed by atoms with Crippen LogP contribution in [0.3, 0.4) is 0 Å². The zero-order chi connectivity index (χ0) is 4.28. The van der Waals surface area contributed by atoms with E-state index in [0.717, 1.165) is 5.57 Å². The van der Waals surface area contributed by atoms with Crippen molar-refractivity contribution in [3.63, 3.8) is 0 Å². The largest absolute Gasteiger partial charge is 0.242 e. The molecular formula is C5H9W2-. The molecule has 0 aliphatic rings. The number of hydrogen-bond acceptors (Lipinski definition) is 0. The molecule has 0 rings (SSSR count). The minimum Gasteiger partial charge on any atom is -0.242 e. The molecule has 0 N–H and O–H groups in total. The van der Waals surface area contributed by atoms with E-state index in [1.54, 1.807) is 0 Å². The van der Waals surface area contributed by atoms with Gasteiger partial charge in [0.05, 0.1) is 0 Å². The van der Waals surface area contributed by atoms with Crippen LogP contribution in [0.1, 0.15) is 13.8 Å². The summed E-state index contributed by atoms with van der Waals surface area (Å²) < 4.78 is 0. The van der Waals surface area contributed by atoms with E-state index in [1.165, 1.54) is 0 Å². The summed E-state index contributed by atoms with van der Waals surface area (Å²) in [7, 11) is 0. The van der Waals surface area contributed by atoms with Gasteiger partial charge in [-0.05, 0) is 0 Å². The first kappa shape index (κ1) is 15.7. The summed E-state index contributed by atoms with van der Waals surface area (Å²) in [5.41, 5.74) is 1.13. The first-order valence-electron chi connectivity index (χ1n) is 1.72. The third kappa shape index (κ3) is 19.5. The van der Waals surface area contributed by atoms with E-state index in [0.29, 0.717) is 0 Å². The van der Waals surface area contributed by atoms with Crippen LogP contribution in [0.15, 0.2) is 12.2 Å². The van der Waals surface area contributed by atoms with Crippen molar-refractivity contribution < 1.29 is 42.1 Å². The van der Waals surface area contributed by atoms with Crippen molar-refractivity contribution in [2.45, 2.75) is 13.8 Å². The van der Waals surface area contributed by atoms with Gasteiger partial charge in [-0.3, -0.25) is 0 Å². The Hall–Kier alpha value is 0.987. The van der Waals surface area contributed by atoms with Gasteiger partial charge >= 0.3 is 0 Å². The summed E-state index contributed by atoms with van der Waals surface area (Å²) in [6, 6.07) is 0. The normalized spacial score (nSPS) is 4.86. The molecule has 0 aliphatic carbocycles. The van der Waals surface area contributed by atoms with Crippen LogP contribution in [-0.4, -0.2) is 0 Å². The summed E-state index contributed by atoms with van der Waals surface area (Å²) in [5.74, 6) is 0. The van der Waals surface area contributed by atoms with Crippen LogP contribution in [-0.2, 0) is 42.1 Å². The van der Waals surface area contributed by atoms with Gasteiger partial charge in [-0.1, -0.05) is 6.92 Å². The third-order valence-electron chi connectivity index (χ3n) is 0.493. The molecule has 0 nitrogen and oxygen atoms in total. The molecular weight excluding hydrogens is 428 g/mol. The van der Waals surface area contributed by atoms with Crippen LogP contribution >= 0.6 is 0 Å². The van der Waals surface area contributed by atoms with Gasteiger partial charge in [0.15, 0.2) is 0 Å². The van der Waals surface area contributed by atoms with Crippen molar-refractivity contribution >= 4 is 0 Å². The van der Waals surface area contributed by atoms with E-state index in [1.807, 2.05) is 20.3 Å². The fraction of sp³-hybridized carbons (Fsp3) is 0.400. The predicted molar refractivity (Wildman–Crippen MR) is 24.8 cm³/mol. The molecule has 0 spiro atoms. The molecule has 0 aliphatic heterocycles. The first-order chi connectivity index (χ1) is 2.27. The fourth-order valence-electron chi connectivity index (χ4n) is 0. The first-order valence-corrected chi connectivity index (χ1v) is 1.72. The number of hydrogen-bond donors (Lipinski definition) is 0. The molecule has 42 valence electrons. The van der Waals surface area contributed by atoms with Crippen molar-refractivity contribution in [3.05, 3.63) is 18.6 Å². The van der Waals surface area contributed by atoms with Gasteiger partial charge in [-0.15, -0.1) is 6.92 Å². The van der Waals surface area contributed by atoms with Crippen LogP contribution in [0.2, 0.25) is 0 Å². The summed E-state index contributed by atoms with van der Waals surface area (Å²) >= 11 is 0. The van der Waals surface area contributed by atoms with E-state index < -0.39 is 0 Å². The Morgan fingerprint density at radius 2 is 1.57 bits per heavy atom. The second kappa shape index (κ2) is 10.1. The Kier molecular flexibility index (Phi) is 22.6. The van der Waals surface area contributed by atoms with Crippen molar-refractivity contribution in [1.29, 1.82) is 0 Å². The molecule has 0 heterocycles. The third-order valence-corrected chi connectivity index (χ3v) is 0.493.